The second-order valence-electron chi connectivity index (χ2n) is 7.12. The quantitative estimate of drug-likeness (QED) is 0.703. The van der Waals surface area contributed by atoms with Gasteiger partial charge in [0.25, 0.3) is 0 Å². The van der Waals surface area contributed by atoms with Gasteiger partial charge in [-0.05, 0) is 42.0 Å². The summed E-state index contributed by atoms with van der Waals surface area (Å²) in [6, 6.07) is 16.2. The van der Waals surface area contributed by atoms with E-state index in [9.17, 15) is 9.18 Å². The van der Waals surface area contributed by atoms with E-state index in [2.05, 4.69) is 11.0 Å². The summed E-state index contributed by atoms with van der Waals surface area (Å²) in [5.74, 6) is -0.126. The summed E-state index contributed by atoms with van der Waals surface area (Å²) in [6.45, 7) is 3.89. The Morgan fingerprint density at radius 2 is 1.89 bits per heavy atom. The van der Waals surface area contributed by atoms with Gasteiger partial charge in [-0.1, -0.05) is 12.1 Å². The molecule has 1 aliphatic heterocycles. The molecule has 3 aromatic rings. The molecule has 4 rings (SSSR count). The predicted molar refractivity (Wildman–Crippen MR) is 105 cm³/mol. The smallest absolute Gasteiger partial charge is 0.242 e. The van der Waals surface area contributed by atoms with Gasteiger partial charge < -0.3 is 9.47 Å². The van der Waals surface area contributed by atoms with E-state index in [1.807, 2.05) is 39.9 Å². The Hall–Kier alpha value is -3.17. The van der Waals surface area contributed by atoms with Gasteiger partial charge in [-0.2, -0.15) is 5.26 Å². The number of fused-ring (bicyclic) bond motifs is 1. The van der Waals surface area contributed by atoms with Gasteiger partial charge in [-0.25, -0.2) is 4.39 Å². The lowest BCUT2D eigenvalue weighted by molar-refractivity contribution is -0.133. The molecule has 2 heterocycles. The lowest BCUT2D eigenvalue weighted by Gasteiger charge is -2.35. The van der Waals surface area contributed by atoms with E-state index in [-0.39, 0.29) is 11.7 Å². The minimum Gasteiger partial charge on any atom is -0.339 e. The van der Waals surface area contributed by atoms with Crippen molar-refractivity contribution in [1.82, 2.24) is 14.4 Å². The molecule has 0 unspecified atom stereocenters. The maximum Gasteiger partial charge on any atom is 0.242 e. The monoisotopic (exact) mass is 376 g/mol. The number of hydrogen-bond donors (Lipinski definition) is 0. The Balaban J connectivity index is 1.35. The van der Waals surface area contributed by atoms with Crippen LogP contribution in [0.3, 0.4) is 0 Å². The first-order valence-electron chi connectivity index (χ1n) is 9.36. The average Bonchev–Trinajstić information content (AvgIpc) is 3.10. The zero-order valence-electron chi connectivity index (χ0n) is 15.5. The van der Waals surface area contributed by atoms with Gasteiger partial charge >= 0.3 is 0 Å². The summed E-state index contributed by atoms with van der Waals surface area (Å²) in [7, 11) is 0. The lowest BCUT2D eigenvalue weighted by Crippen LogP contribution is -2.49. The number of amides is 1. The number of carbonyl (C=O) groups is 1. The molecule has 0 saturated carbocycles. The molecular formula is C22H21FN4O. The SMILES string of the molecule is N#Cc1ccc2c(ccn2CC(=O)N2CCN(Cc3cccc(F)c3)CC2)c1. The number of piperazine rings is 1. The standard InChI is InChI=1S/C22H21FN4O/c23-20-3-1-2-18(13-20)15-25-8-10-26(11-9-25)22(28)16-27-7-6-19-12-17(14-24)4-5-21(19)27/h1-7,12-13H,8-11,15-16H2. The molecule has 6 heteroatoms. The fraction of sp³-hybridized carbons (Fsp3) is 0.273. The van der Waals surface area contributed by atoms with Gasteiger partial charge in [-0.3, -0.25) is 9.69 Å². The van der Waals surface area contributed by atoms with Gasteiger partial charge in [-0.15, -0.1) is 0 Å². The molecule has 1 aromatic heterocycles. The van der Waals surface area contributed by atoms with Crippen molar-refractivity contribution >= 4 is 16.8 Å². The Labute approximate surface area is 163 Å². The lowest BCUT2D eigenvalue weighted by atomic mass is 10.2. The number of nitriles is 1. The number of rotatable bonds is 4. The minimum absolute atomic E-state index is 0.0901. The Kier molecular flexibility index (Phi) is 5.09. The molecule has 0 aliphatic carbocycles. The third-order valence-electron chi connectivity index (χ3n) is 5.23. The number of aromatic nitrogens is 1. The largest absolute Gasteiger partial charge is 0.339 e. The van der Waals surface area contributed by atoms with E-state index in [4.69, 9.17) is 5.26 Å². The Bertz CT molecular complexity index is 1040. The van der Waals surface area contributed by atoms with E-state index in [0.717, 1.165) is 29.6 Å². The molecule has 0 spiro atoms. The van der Waals surface area contributed by atoms with Crippen LogP contribution >= 0.6 is 0 Å². The number of nitrogens with zero attached hydrogens (tertiary/aromatic N) is 4. The van der Waals surface area contributed by atoms with Crippen LogP contribution in [0.5, 0.6) is 0 Å². The fourth-order valence-corrected chi connectivity index (χ4v) is 3.70. The van der Waals surface area contributed by atoms with Crippen LogP contribution in [-0.2, 0) is 17.9 Å². The van der Waals surface area contributed by atoms with Crippen molar-refractivity contribution in [2.24, 2.45) is 0 Å². The highest BCUT2D eigenvalue weighted by Gasteiger charge is 2.21. The fourth-order valence-electron chi connectivity index (χ4n) is 3.70. The Morgan fingerprint density at radius 3 is 2.64 bits per heavy atom. The van der Waals surface area contributed by atoms with E-state index < -0.39 is 0 Å². The molecule has 5 nitrogen and oxygen atoms in total. The minimum atomic E-state index is -0.216. The maximum absolute atomic E-state index is 13.3. The van der Waals surface area contributed by atoms with Crippen LogP contribution in [0.15, 0.2) is 54.7 Å². The first-order valence-corrected chi connectivity index (χ1v) is 9.36. The molecule has 1 aliphatic rings. The van der Waals surface area contributed by atoms with Crippen molar-refractivity contribution in [1.29, 1.82) is 5.26 Å². The first kappa shape index (κ1) is 18.2. The molecule has 1 saturated heterocycles. The van der Waals surface area contributed by atoms with Gasteiger partial charge in [0.2, 0.25) is 5.91 Å². The summed E-state index contributed by atoms with van der Waals surface area (Å²) in [5, 5.41) is 9.97. The van der Waals surface area contributed by atoms with Crippen LogP contribution < -0.4 is 0 Å². The van der Waals surface area contributed by atoms with E-state index in [1.165, 1.54) is 6.07 Å². The van der Waals surface area contributed by atoms with Crippen molar-refractivity contribution in [3.05, 3.63) is 71.7 Å². The molecule has 1 amide bonds. The summed E-state index contributed by atoms with van der Waals surface area (Å²) in [5.41, 5.74) is 2.53. The number of benzene rings is 2. The molecule has 142 valence electrons. The van der Waals surface area contributed by atoms with Crippen LogP contribution in [-0.4, -0.2) is 46.5 Å². The highest BCUT2D eigenvalue weighted by atomic mass is 19.1. The van der Waals surface area contributed by atoms with Gasteiger partial charge in [0.1, 0.15) is 12.4 Å². The van der Waals surface area contributed by atoms with Crippen LogP contribution in [0.25, 0.3) is 10.9 Å². The third-order valence-corrected chi connectivity index (χ3v) is 5.23. The highest BCUT2D eigenvalue weighted by Crippen LogP contribution is 2.18. The van der Waals surface area contributed by atoms with Crippen LogP contribution in [0, 0.1) is 17.1 Å². The highest BCUT2D eigenvalue weighted by molar-refractivity contribution is 5.84. The van der Waals surface area contributed by atoms with Crippen LogP contribution in [0.1, 0.15) is 11.1 Å². The molecule has 1 fully saturated rings. The first-order chi connectivity index (χ1) is 13.6. The predicted octanol–water partition coefficient (Wildman–Crippen LogP) is 3.00. The van der Waals surface area contributed by atoms with E-state index in [0.29, 0.717) is 31.7 Å². The molecule has 0 bridgehead atoms. The van der Waals surface area contributed by atoms with Crippen molar-refractivity contribution in [3.8, 4) is 6.07 Å². The number of carbonyl (C=O) groups excluding carboxylic acids is 1. The van der Waals surface area contributed by atoms with Gasteiger partial charge in [0.05, 0.1) is 11.6 Å². The average molecular weight is 376 g/mol. The zero-order valence-corrected chi connectivity index (χ0v) is 15.5. The van der Waals surface area contributed by atoms with Crippen LogP contribution in [0.2, 0.25) is 0 Å². The van der Waals surface area contributed by atoms with Crippen molar-refractivity contribution in [2.45, 2.75) is 13.1 Å². The molecular weight excluding hydrogens is 355 g/mol. The van der Waals surface area contributed by atoms with Crippen molar-refractivity contribution in [3.63, 3.8) is 0 Å². The molecule has 0 radical (unpaired) electrons. The summed E-state index contributed by atoms with van der Waals surface area (Å²) in [4.78, 5) is 16.9. The summed E-state index contributed by atoms with van der Waals surface area (Å²) >= 11 is 0. The zero-order chi connectivity index (χ0) is 19.5. The molecule has 0 atom stereocenters. The summed E-state index contributed by atoms with van der Waals surface area (Å²) < 4.78 is 15.3. The maximum atomic E-state index is 13.3. The topological polar surface area (TPSA) is 52.3 Å². The second-order valence-corrected chi connectivity index (χ2v) is 7.12. The number of hydrogen-bond acceptors (Lipinski definition) is 3. The Morgan fingerprint density at radius 1 is 1.07 bits per heavy atom. The van der Waals surface area contributed by atoms with Gasteiger partial charge in [0.15, 0.2) is 0 Å². The van der Waals surface area contributed by atoms with Crippen molar-refractivity contribution in [2.75, 3.05) is 26.2 Å². The molecule has 28 heavy (non-hydrogen) atoms. The van der Waals surface area contributed by atoms with Gasteiger partial charge in [0, 0.05) is 49.8 Å². The molecule has 2 aromatic carbocycles. The number of halogens is 1. The molecule has 0 N–H and O–H groups in total. The van der Waals surface area contributed by atoms with Crippen molar-refractivity contribution < 1.29 is 9.18 Å². The van der Waals surface area contributed by atoms with Crippen LogP contribution in [0.4, 0.5) is 4.39 Å². The van der Waals surface area contributed by atoms with E-state index in [1.54, 1.807) is 18.2 Å². The van der Waals surface area contributed by atoms with E-state index >= 15 is 0 Å². The second kappa shape index (κ2) is 7.83. The third kappa shape index (κ3) is 3.90. The summed E-state index contributed by atoms with van der Waals surface area (Å²) in [6.07, 6.45) is 1.89. The normalized spacial score (nSPS) is 14.9.